The van der Waals surface area contributed by atoms with E-state index >= 15 is 0 Å². The Kier molecular flexibility index (Phi) is 4.17. The van der Waals surface area contributed by atoms with Gasteiger partial charge in [-0.1, -0.05) is 11.6 Å². The second kappa shape index (κ2) is 5.40. The van der Waals surface area contributed by atoms with Gasteiger partial charge in [0.05, 0.1) is 29.0 Å². The summed E-state index contributed by atoms with van der Waals surface area (Å²) in [4.78, 5) is 31.8. The lowest BCUT2D eigenvalue weighted by Crippen LogP contribution is -2.08. The number of hydrogen-bond acceptors (Lipinski definition) is 5. The number of rotatable bonds is 4. The van der Waals surface area contributed by atoms with Crippen molar-refractivity contribution in [2.75, 3.05) is 7.11 Å². The number of ether oxygens (including phenoxy) is 1. The molecular weight excluding hydrogens is 250 g/mol. The van der Waals surface area contributed by atoms with Gasteiger partial charge in [0.1, 0.15) is 0 Å². The molecule has 90 valence electrons. The Hall–Kier alpha value is -1.95. The quantitative estimate of drug-likeness (QED) is 0.355. The van der Waals surface area contributed by atoms with Gasteiger partial charge < -0.3 is 4.74 Å². The molecule has 0 spiro atoms. The molecule has 0 aliphatic heterocycles. The summed E-state index contributed by atoms with van der Waals surface area (Å²) in [5, 5.41) is 10.7. The molecule has 0 aliphatic rings. The minimum atomic E-state index is -0.668. The van der Waals surface area contributed by atoms with E-state index < -0.39 is 10.9 Å². The van der Waals surface area contributed by atoms with Gasteiger partial charge in [0, 0.05) is 11.6 Å². The number of esters is 1. The lowest BCUT2D eigenvalue weighted by Gasteiger charge is -2.06. The van der Waals surface area contributed by atoms with E-state index in [4.69, 9.17) is 11.6 Å². The summed E-state index contributed by atoms with van der Waals surface area (Å²) in [6.07, 6.45) is 0.111. The molecule has 0 heterocycles. The number of hydrogen-bond donors (Lipinski definition) is 0. The lowest BCUT2D eigenvalue weighted by atomic mass is 10.1. The van der Waals surface area contributed by atoms with Crippen LogP contribution in [0.2, 0.25) is 5.02 Å². The second-order valence-corrected chi connectivity index (χ2v) is 3.47. The largest absolute Gasteiger partial charge is 0.469 e. The van der Waals surface area contributed by atoms with Crippen LogP contribution in [-0.2, 0) is 16.0 Å². The molecule has 0 fully saturated rings. The van der Waals surface area contributed by atoms with E-state index in [0.717, 1.165) is 13.2 Å². The van der Waals surface area contributed by atoms with Crippen molar-refractivity contribution >= 4 is 29.5 Å². The van der Waals surface area contributed by atoms with Crippen LogP contribution in [0, 0.1) is 10.1 Å². The van der Waals surface area contributed by atoms with Crippen molar-refractivity contribution in [2.45, 2.75) is 6.42 Å². The number of nitro benzene ring substituents is 1. The fraction of sp³-hybridized carbons (Fsp3) is 0.200. The zero-order valence-electron chi connectivity index (χ0n) is 8.81. The summed E-state index contributed by atoms with van der Waals surface area (Å²) in [6.45, 7) is 0. The van der Waals surface area contributed by atoms with Crippen molar-refractivity contribution < 1.29 is 19.2 Å². The minimum absolute atomic E-state index is 0.0203. The van der Waals surface area contributed by atoms with Crippen molar-refractivity contribution in [1.29, 1.82) is 0 Å². The van der Waals surface area contributed by atoms with Crippen LogP contribution in [0.4, 0.5) is 5.69 Å². The Bertz CT molecular complexity index is 486. The Morgan fingerprint density at radius 3 is 2.71 bits per heavy atom. The summed E-state index contributed by atoms with van der Waals surface area (Å²) in [6, 6.07) is 2.36. The van der Waals surface area contributed by atoms with Gasteiger partial charge in [-0.15, -0.1) is 0 Å². The maximum Gasteiger partial charge on any atom is 0.310 e. The standard InChI is InChI=1S/C10H8ClNO5/c1-17-9(14)4-7-8(12(15)16)3-2-6(5-13)10(7)11/h2-3,5H,4H2,1H3. The highest BCUT2D eigenvalue weighted by molar-refractivity contribution is 6.34. The summed E-state index contributed by atoms with van der Waals surface area (Å²) >= 11 is 5.82. The number of nitro groups is 1. The van der Waals surface area contributed by atoms with Crippen LogP contribution in [0.15, 0.2) is 12.1 Å². The van der Waals surface area contributed by atoms with Crippen molar-refractivity contribution in [3.8, 4) is 0 Å². The van der Waals surface area contributed by atoms with E-state index in [2.05, 4.69) is 4.74 Å². The van der Waals surface area contributed by atoms with Gasteiger partial charge in [-0.2, -0.15) is 0 Å². The fourth-order valence-corrected chi connectivity index (χ4v) is 1.55. The van der Waals surface area contributed by atoms with Crippen LogP contribution in [0.3, 0.4) is 0 Å². The maximum absolute atomic E-state index is 11.1. The lowest BCUT2D eigenvalue weighted by molar-refractivity contribution is -0.385. The maximum atomic E-state index is 11.1. The molecule has 1 aromatic carbocycles. The molecule has 0 saturated heterocycles. The molecule has 6 nitrogen and oxygen atoms in total. The van der Waals surface area contributed by atoms with E-state index in [0.29, 0.717) is 6.29 Å². The third-order valence-corrected chi connectivity index (χ3v) is 2.57. The van der Waals surface area contributed by atoms with E-state index in [9.17, 15) is 19.7 Å². The molecule has 1 aromatic rings. The minimum Gasteiger partial charge on any atom is -0.469 e. The van der Waals surface area contributed by atoms with E-state index in [-0.39, 0.29) is 28.3 Å². The molecule has 1 rings (SSSR count). The van der Waals surface area contributed by atoms with Gasteiger partial charge in [0.25, 0.3) is 5.69 Å². The van der Waals surface area contributed by atoms with Crippen LogP contribution in [0.5, 0.6) is 0 Å². The van der Waals surface area contributed by atoms with Crippen LogP contribution >= 0.6 is 11.6 Å². The van der Waals surface area contributed by atoms with Crippen LogP contribution in [-0.4, -0.2) is 24.3 Å². The van der Waals surface area contributed by atoms with E-state index in [1.54, 1.807) is 0 Å². The zero-order chi connectivity index (χ0) is 13.0. The summed E-state index contributed by atoms with van der Waals surface area (Å²) in [5.74, 6) is -0.668. The molecular formula is C10H8ClNO5. The van der Waals surface area contributed by atoms with Gasteiger partial charge in [-0.05, 0) is 6.07 Å². The SMILES string of the molecule is COC(=O)Cc1c([N+](=O)[O-])ccc(C=O)c1Cl. The van der Waals surface area contributed by atoms with Crippen molar-refractivity contribution in [3.05, 3.63) is 38.4 Å². The predicted molar refractivity (Wildman–Crippen MR) is 59.2 cm³/mol. The number of halogens is 1. The first-order chi connectivity index (χ1) is 8.01. The fourth-order valence-electron chi connectivity index (χ4n) is 1.28. The van der Waals surface area contributed by atoms with Gasteiger partial charge in [0.15, 0.2) is 6.29 Å². The average molecular weight is 258 g/mol. The van der Waals surface area contributed by atoms with Crippen molar-refractivity contribution in [3.63, 3.8) is 0 Å². The Morgan fingerprint density at radius 2 is 2.24 bits per heavy atom. The number of carbonyl (C=O) groups excluding carboxylic acids is 2. The first kappa shape index (κ1) is 13.1. The summed E-state index contributed by atoms with van der Waals surface area (Å²) in [7, 11) is 1.16. The van der Waals surface area contributed by atoms with Crippen LogP contribution < -0.4 is 0 Å². The molecule has 0 bridgehead atoms. The number of carbonyl (C=O) groups is 2. The molecule has 0 aromatic heterocycles. The number of benzene rings is 1. The molecule has 0 radical (unpaired) electrons. The molecule has 17 heavy (non-hydrogen) atoms. The average Bonchev–Trinajstić information content (AvgIpc) is 2.30. The van der Waals surface area contributed by atoms with Crippen LogP contribution in [0.1, 0.15) is 15.9 Å². The predicted octanol–water partition coefficient (Wildman–Crippen LogP) is 1.78. The molecule has 7 heteroatoms. The topological polar surface area (TPSA) is 86.5 Å². The zero-order valence-corrected chi connectivity index (χ0v) is 9.56. The third kappa shape index (κ3) is 2.79. The highest BCUT2D eigenvalue weighted by Gasteiger charge is 2.22. The van der Waals surface area contributed by atoms with E-state index in [1.165, 1.54) is 6.07 Å². The first-order valence-corrected chi connectivity index (χ1v) is 4.86. The number of nitrogens with zero attached hydrogens (tertiary/aromatic N) is 1. The highest BCUT2D eigenvalue weighted by Crippen LogP contribution is 2.29. The third-order valence-electron chi connectivity index (χ3n) is 2.12. The molecule has 0 N–H and O–H groups in total. The summed E-state index contributed by atoms with van der Waals surface area (Å²) in [5.41, 5.74) is -0.240. The van der Waals surface area contributed by atoms with Gasteiger partial charge in [0.2, 0.25) is 0 Å². The highest BCUT2D eigenvalue weighted by atomic mass is 35.5. The van der Waals surface area contributed by atoms with Gasteiger partial charge in [-0.25, -0.2) is 0 Å². The Balaban J connectivity index is 3.34. The van der Waals surface area contributed by atoms with Crippen LogP contribution in [0.25, 0.3) is 0 Å². The summed E-state index contributed by atoms with van der Waals surface area (Å²) < 4.78 is 4.41. The number of aldehydes is 1. The molecule has 0 aliphatic carbocycles. The monoisotopic (exact) mass is 257 g/mol. The number of methoxy groups -OCH3 is 1. The van der Waals surface area contributed by atoms with Gasteiger partial charge in [-0.3, -0.25) is 19.7 Å². The Labute approximate surface area is 101 Å². The molecule has 0 atom stereocenters. The van der Waals surface area contributed by atoms with Crippen molar-refractivity contribution in [1.82, 2.24) is 0 Å². The van der Waals surface area contributed by atoms with Gasteiger partial charge >= 0.3 is 5.97 Å². The Morgan fingerprint density at radius 1 is 1.59 bits per heavy atom. The van der Waals surface area contributed by atoms with Crippen molar-refractivity contribution in [2.24, 2.45) is 0 Å². The molecule has 0 saturated carbocycles. The van der Waals surface area contributed by atoms with E-state index in [1.807, 2.05) is 0 Å². The normalized spacial score (nSPS) is 9.76. The smallest absolute Gasteiger partial charge is 0.310 e. The molecule has 0 unspecified atom stereocenters. The first-order valence-electron chi connectivity index (χ1n) is 4.49. The second-order valence-electron chi connectivity index (χ2n) is 3.09. The molecule has 0 amide bonds.